The number of imide groups is 1. The number of carbonyl (C=O) groups excluding carboxylic acids is 2. The van der Waals surface area contributed by atoms with Crippen LogP contribution < -0.4 is 8.92 Å². The fraction of sp³-hybridized carbons (Fsp3) is 0.0714. The Morgan fingerprint density at radius 1 is 1.00 bits per heavy atom. The van der Waals surface area contributed by atoms with Crippen molar-refractivity contribution in [3.05, 3.63) is 109 Å². The summed E-state index contributed by atoms with van der Waals surface area (Å²) < 4.78 is 36.8. The van der Waals surface area contributed by atoms with Crippen LogP contribution in [0.4, 0.5) is 10.5 Å². The molecule has 0 bridgehead atoms. The maximum absolute atomic E-state index is 13.1. The van der Waals surface area contributed by atoms with E-state index in [0.717, 1.165) is 52.4 Å². The van der Waals surface area contributed by atoms with E-state index in [1.54, 1.807) is 6.07 Å². The Labute approximate surface area is 252 Å². The van der Waals surface area contributed by atoms with Crippen molar-refractivity contribution >= 4 is 78.2 Å². The molecule has 0 aromatic heterocycles. The van der Waals surface area contributed by atoms with Gasteiger partial charge in [-0.05, 0) is 92.7 Å². The minimum absolute atomic E-state index is 0.0732. The number of amides is 2. The van der Waals surface area contributed by atoms with E-state index in [1.807, 2.05) is 65.1 Å². The molecule has 10 nitrogen and oxygen atoms in total. The number of non-ortho nitro benzene ring substituents is 1. The Morgan fingerprint density at radius 2 is 1.71 bits per heavy atom. The lowest BCUT2D eigenvalue weighted by molar-refractivity contribution is -0.384. The van der Waals surface area contributed by atoms with E-state index in [1.165, 1.54) is 24.2 Å². The zero-order valence-electron chi connectivity index (χ0n) is 21.1. The summed E-state index contributed by atoms with van der Waals surface area (Å²) in [5.41, 5.74) is 1.05. The topological polar surface area (TPSA) is 133 Å². The van der Waals surface area contributed by atoms with E-state index in [9.17, 15) is 28.1 Å². The Bertz CT molecular complexity index is 1860. The van der Waals surface area contributed by atoms with E-state index >= 15 is 0 Å². The van der Waals surface area contributed by atoms with Gasteiger partial charge in [-0.25, -0.2) is 0 Å². The highest BCUT2D eigenvalue weighted by Crippen LogP contribution is 2.39. The molecular weight excluding hydrogens is 683 g/mol. The van der Waals surface area contributed by atoms with Gasteiger partial charge in [0.2, 0.25) is 0 Å². The molecule has 0 spiro atoms. The molecule has 1 aliphatic rings. The Kier molecular flexibility index (Phi) is 8.02. The van der Waals surface area contributed by atoms with E-state index in [4.69, 9.17) is 8.92 Å². The number of ether oxygens (including phenoxy) is 1. The molecule has 13 heteroatoms. The van der Waals surface area contributed by atoms with Gasteiger partial charge in [0, 0.05) is 12.1 Å². The van der Waals surface area contributed by atoms with Crippen molar-refractivity contribution in [3.8, 4) is 11.5 Å². The van der Waals surface area contributed by atoms with Crippen molar-refractivity contribution in [3.63, 3.8) is 0 Å². The van der Waals surface area contributed by atoms with Crippen molar-refractivity contribution in [2.75, 3.05) is 7.11 Å². The van der Waals surface area contributed by atoms with Gasteiger partial charge < -0.3 is 8.92 Å². The van der Waals surface area contributed by atoms with Gasteiger partial charge in [-0.3, -0.25) is 24.6 Å². The quantitative estimate of drug-likeness (QED) is 0.0676. The molecule has 5 rings (SSSR count). The summed E-state index contributed by atoms with van der Waals surface area (Å²) >= 11 is 2.69. The number of methoxy groups -OCH3 is 1. The van der Waals surface area contributed by atoms with Gasteiger partial charge in [-0.1, -0.05) is 36.4 Å². The second-order valence-electron chi connectivity index (χ2n) is 8.77. The molecule has 0 atom stereocenters. The van der Waals surface area contributed by atoms with Gasteiger partial charge in [0.25, 0.3) is 16.8 Å². The molecule has 0 saturated carbocycles. The van der Waals surface area contributed by atoms with Crippen molar-refractivity contribution in [1.82, 2.24) is 4.90 Å². The van der Waals surface area contributed by atoms with Gasteiger partial charge in [0.15, 0.2) is 11.5 Å². The van der Waals surface area contributed by atoms with Crippen molar-refractivity contribution < 1.29 is 31.9 Å². The first-order chi connectivity index (χ1) is 19.6. The summed E-state index contributed by atoms with van der Waals surface area (Å²) in [6.07, 6.45) is 1.53. The minimum atomic E-state index is -4.35. The third-order valence-electron chi connectivity index (χ3n) is 6.11. The highest BCUT2D eigenvalue weighted by Gasteiger charge is 2.35. The van der Waals surface area contributed by atoms with Crippen LogP contribution in [-0.4, -0.2) is 36.5 Å². The SMILES string of the molecule is COc1cc(/C=C2\SC(=O)N(Cc3ccc4ccccc4c3)C2=O)cc(I)c1OS(=O)(=O)c1ccc([N+](=O)[O-])cc1. The van der Waals surface area contributed by atoms with Gasteiger partial charge in [0.05, 0.1) is 27.1 Å². The molecule has 0 N–H and O–H groups in total. The summed E-state index contributed by atoms with van der Waals surface area (Å²) in [7, 11) is -3.01. The number of hydrogen-bond donors (Lipinski definition) is 0. The molecule has 1 aliphatic heterocycles. The van der Waals surface area contributed by atoms with E-state index < -0.39 is 26.2 Å². The summed E-state index contributed by atoms with van der Waals surface area (Å²) in [4.78, 5) is 37.2. The number of thioether (sulfide) groups is 1. The van der Waals surface area contributed by atoms with Gasteiger partial charge in [-0.15, -0.1) is 0 Å². The minimum Gasteiger partial charge on any atom is -0.493 e. The largest absolute Gasteiger partial charge is 0.493 e. The molecule has 4 aromatic rings. The molecule has 1 saturated heterocycles. The van der Waals surface area contributed by atoms with Crippen LogP contribution >= 0.6 is 34.4 Å². The highest BCUT2D eigenvalue weighted by molar-refractivity contribution is 14.1. The number of nitro benzene ring substituents is 1. The van der Waals surface area contributed by atoms with Crippen LogP contribution in [0.15, 0.2) is 88.7 Å². The van der Waals surface area contributed by atoms with Crippen LogP contribution in [0.1, 0.15) is 11.1 Å². The molecule has 1 fully saturated rings. The van der Waals surface area contributed by atoms with Crippen LogP contribution in [0.25, 0.3) is 16.8 Å². The average Bonchev–Trinajstić information content (AvgIpc) is 3.21. The Balaban J connectivity index is 1.37. The number of carbonyl (C=O) groups is 2. The van der Waals surface area contributed by atoms with E-state index in [-0.39, 0.29) is 33.5 Å². The van der Waals surface area contributed by atoms with Crippen molar-refractivity contribution in [2.24, 2.45) is 0 Å². The van der Waals surface area contributed by atoms with Crippen LogP contribution in [0.2, 0.25) is 0 Å². The molecule has 208 valence electrons. The lowest BCUT2D eigenvalue weighted by Gasteiger charge is -2.14. The fourth-order valence-electron chi connectivity index (χ4n) is 4.10. The molecule has 0 aliphatic carbocycles. The first-order valence-corrected chi connectivity index (χ1v) is 15.2. The predicted octanol–water partition coefficient (Wildman–Crippen LogP) is 6.37. The molecule has 4 aromatic carbocycles. The van der Waals surface area contributed by atoms with Crippen LogP contribution in [0.5, 0.6) is 11.5 Å². The van der Waals surface area contributed by atoms with Crippen molar-refractivity contribution in [2.45, 2.75) is 11.4 Å². The number of benzene rings is 4. The van der Waals surface area contributed by atoms with Gasteiger partial charge in [-0.2, -0.15) is 8.42 Å². The first kappa shape index (κ1) is 28.6. The zero-order valence-corrected chi connectivity index (χ0v) is 24.9. The molecular formula is C28H19IN2O8S2. The number of halogens is 1. The van der Waals surface area contributed by atoms with Gasteiger partial charge in [0.1, 0.15) is 4.90 Å². The molecule has 1 heterocycles. The number of fused-ring (bicyclic) bond motifs is 1. The molecule has 2 amide bonds. The Hall–Kier alpha value is -3.95. The lowest BCUT2D eigenvalue weighted by atomic mass is 10.1. The van der Waals surface area contributed by atoms with Crippen LogP contribution in [-0.2, 0) is 21.5 Å². The molecule has 0 radical (unpaired) electrons. The second kappa shape index (κ2) is 11.5. The van der Waals surface area contributed by atoms with Crippen LogP contribution in [0.3, 0.4) is 0 Å². The smallest absolute Gasteiger partial charge is 0.339 e. The summed E-state index contributed by atoms with van der Waals surface area (Å²) in [6.45, 7) is 0.126. The van der Waals surface area contributed by atoms with Crippen molar-refractivity contribution in [1.29, 1.82) is 0 Å². The molecule has 41 heavy (non-hydrogen) atoms. The number of nitro groups is 1. The first-order valence-electron chi connectivity index (χ1n) is 11.9. The zero-order chi connectivity index (χ0) is 29.3. The predicted molar refractivity (Wildman–Crippen MR) is 162 cm³/mol. The van der Waals surface area contributed by atoms with Crippen LogP contribution in [0, 0.1) is 13.7 Å². The number of nitrogens with zero attached hydrogens (tertiary/aromatic N) is 2. The molecule has 0 unspecified atom stereocenters. The number of rotatable bonds is 8. The Morgan fingerprint density at radius 3 is 2.39 bits per heavy atom. The lowest BCUT2D eigenvalue weighted by Crippen LogP contribution is -2.27. The number of hydrogen-bond acceptors (Lipinski definition) is 9. The summed E-state index contributed by atoms with van der Waals surface area (Å²) in [5.74, 6) is -0.458. The second-order valence-corrected chi connectivity index (χ2v) is 12.5. The van der Waals surface area contributed by atoms with E-state index in [2.05, 4.69) is 0 Å². The maximum Gasteiger partial charge on any atom is 0.339 e. The third-order valence-corrected chi connectivity index (χ3v) is 9.05. The summed E-state index contributed by atoms with van der Waals surface area (Å²) in [6, 6.07) is 20.9. The third kappa shape index (κ3) is 6.06. The standard InChI is InChI=1S/C28H19IN2O8S2/c1-38-24-14-18(13-23(29)26(24)39-41(36,37)22-10-8-21(9-11-22)31(34)35)15-25-27(32)30(28(33)40-25)16-17-6-7-19-4-2-3-5-20(19)12-17/h2-15H,16H2,1H3/b25-15-. The highest BCUT2D eigenvalue weighted by atomic mass is 127. The fourth-order valence-corrected chi connectivity index (χ4v) is 6.78. The maximum atomic E-state index is 13.1. The monoisotopic (exact) mass is 702 g/mol. The van der Waals surface area contributed by atoms with E-state index in [0.29, 0.717) is 9.13 Å². The van der Waals surface area contributed by atoms with Gasteiger partial charge >= 0.3 is 10.1 Å². The normalized spacial score (nSPS) is 14.6. The summed E-state index contributed by atoms with van der Waals surface area (Å²) in [5, 5.41) is 12.5. The average molecular weight is 703 g/mol.